The minimum Gasteiger partial charge on any atom is -0.396 e. The first kappa shape index (κ1) is 16.4. The molecule has 0 saturated heterocycles. The topological polar surface area (TPSA) is 84.2 Å². The Balaban J connectivity index is 1.90. The molecule has 0 radical (unpaired) electrons. The number of thiophene rings is 1. The van der Waals surface area contributed by atoms with Crippen LogP contribution in [-0.4, -0.2) is 36.5 Å². The first-order valence-electron chi connectivity index (χ1n) is 6.38. The summed E-state index contributed by atoms with van der Waals surface area (Å²) in [7, 11) is -3.55. The van der Waals surface area contributed by atoms with Gasteiger partial charge in [0.2, 0.25) is 10.0 Å². The van der Waals surface area contributed by atoms with Crippen molar-refractivity contribution in [3.8, 4) is 0 Å². The maximum atomic E-state index is 12.1. The molecule has 0 amide bonds. The van der Waals surface area contributed by atoms with Crippen LogP contribution in [-0.2, 0) is 23.0 Å². The van der Waals surface area contributed by atoms with Gasteiger partial charge >= 0.3 is 0 Å². The van der Waals surface area contributed by atoms with Crippen LogP contribution in [0.3, 0.4) is 0 Å². The van der Waals surface area contributed by atoms with E-state index in [0.29, 0.717) is 30.3 Å². The monoisotopic (exact) mass is 349 g/mol. The Morgan fingerprint density at radius 3 is 2.90 bits per heavy atom. The highest BCUT2D eigenvalue weighted by molar-refractivity contribution is 7.89. The fraction of sp³-hybridized carbons (Fsp3) is 0.417. The van der Waals surface area contributed by atoms with E-state index in [1.807, 2.05) is 6.07 Å². The molecule has 0 aliphatic carbocycles. The molecular formula is C12H16ClN3O3S2. The fourth-order valence-corrected chi connectivity index (χ4v) is 3.79. The van der Waals surface area contributed by atoms with E-state index in [9.17, 15) is 8.42 Å². The molecule has 0 unspecified atom stereocenters. The van der Waals surface area contributed by atoms with Crippen molar-refractivity contribution >= 4 is 33.0 Å². The molecule has 0 atom stereocenters. The summed E-state index contributed by atoms with van der Waals surface area (Å²) in [6.45, 7) is 0.838. The van der Waals surface area contributed by atoms with Crippen LogP contribution >= 0.6 is 22.9 Å². The van der Waals surface area contributed by atoms with Crippen molar-refractivity contribution in [2.75, 3.05) is 13.2 Å². The normalized spacial score (nSPS) is 11.9. The number of nitrogens with zero attached hydrogens (tertiary/aromatic N) is 2. The zero-order valence-electron chi connectivity index (χ0n) is 11.2. The second-order valence-corrected chi connectivity index (χ2v) is 7.94. The van der Waals surface area contributed by atoms with Gasteiger partial charge in [-0.3, -0.25) is 4.68 Å². The molecule has 2 rings (SSSR count). The van der Waals surface area contributed by atoms with Crippen molar-refractivity contribution in [1.82, 2.24) is 14.5 Å². The van der Waals surface area contributed by atoms with Gasteiger partial charge in [0.1, 0.15) is 4.90 Å². The average molecular weight is 350 g/mol. The minimum absolute atomic E-state index is 0.0452. The molecule has 0 spiro atoms. The molecule has 116 valence electrons. The summed E-state index contributed by atoms with van der Waals surface area (Å²) in [5.74, 6) is 0. The Bertz CT molecular complexity index is 681. The number of hydrogen-bond acceptors (Lipinski definition) is 5. The second kappa shape index (κ2) is 7.37. The zero-order valence-corrected chi connectivity index (χ0v) is 13.6. The molecule has 0 aromatic carbocycles. The largest absolute Gasteiger partial charge is 0.396 e. The Morgan fingerprint density at radius 2 is 2.24 bits per heavy atom. The second-order valence-electron chi connectivity index (χ2n) is 4.37. The molecule has 2 N–H and O–H groups in total. The zero-order chi connectivity index (χ0) is 15.3. The smallest absolute Gasteiger partial charge is 0.243 e. The van der Waals surface area contributed by atoms with Crippen LogP contribution in [0, 0.1) is 0 Å². The van der Waals surface area contributed by atoms with Crippen molar-refractivity contribution in [2.24, 2.45) is 0 Å². The molecule has 0 fully saturated rings. The van der Waals surface area contributed by atoms with E-state index in [-0.39, 0.29) is 11.5 Å². The Kier molecular flexibility index (Phi) is 5.77. The highest BCUT2D eigenvalue weighted by Crippen LogP contribution is 2.21. The van der Waals surface area contributed by atoms with Crippen LogP contribution in [0.15, 0.2) is 29.4 Å². The van der Waals surface area contributed by atoms with E-state index in [1.165, 1.54) is 28.4 Å². The van der Waals surface area contributed by atoms with Crippen LogP contribution in [0.4, 0.5) is 0 Å². The van der Waals surface area contributed by atoms with Crippen LogP contribution in [0.2, 0.25) is 4.34 Å². The highest BCUT2D eigenvalue weighted by atomic mass is 35.5. The Hall–Kier alpha value is -0.930. The van der Waals surface area contributed by atoms with E-state index in [1.54, 1.807) is 6.07 Å². The number of halogens is 1. The quantitative estimate of drug-likeness (QED) is 0.756. The molecular weight excluding hydrogens is 334 g/mol. The third-order valence-electron chi connectivity index (χ3n) is 2.76. The van der Waals surface area contributed by atoms with E-state index >= 15 is 0 Å². The highest BCUT2D eigenvalue weighted by Gasteiger charge is 2.16. The first-order chi connectivity index (χ1) is 10.0. The molecule has 21 heavy (non-hydrogen) atoms. The average Bonchev–Trinajstić information content (AvgIpc) is 3.06. The predicted octanol–water partition coefficient (Wildman–Crippen LogP) is 1.50. The van der Waals surface area contributed by atoms with E-state index in [0.717, 1.165) is 4.88 Å². The van der Waals surface area contributed by atoms with Crippen LogP contribution in [0.25, 0.3) is 0 Å². The summed E-state index contributed by atoms with van der Waals surface area (Å²) in [4.78, 5) is 1.16. The number of aromatic nitrogens is 2. The van der Waals surface area contributed by atoms with Crippen LogP contribution in [0.1, 0.15) is 11.3 Å². The van der Waals surface area contributed by atoms with Gasteiger partial charge in [-0.25, -0.2) is 13.1 Å². The Labute approximate surface area is 132 Å². The molecule has 2 aromatic heterocycles. The standard InChI is InChI=1S/C12H16ClN3O3S2/c13-12-3-2-10(20-12)4-5-15-21(18,19)11-8-14-16(9-11)6-1-7-17/h2-3,8-9,15,17H,1,4-7H2. The summed E-state index contributed by atoms with van der Waals surface area (Å²) in [5, 5.41) is 12.7. The third kappa shape index (κ3) is 4.79. The summed E-state index contributed by atoms with van der Waals surface area (Å²) in [5.41, 5.74) is 0. The molecule has 0 aliphatic rings. The van der Waals surface area contributed by atoms with Gasteiger partial charge in [0.05, 0.1) is 10.5 Å². The van der Waals surface area contributed by atoms with Crippen molar-refractivity contribution in [2.45, 2.75) is 24.3 Å². The number of aliphatic hydroxyl groups is 1. The molecule has 9 heteroatoms. The van der Waals surface area contributed by atoms with Gasteiger partial charge in [-0.15, -0.1) is 11.3 Å². The summed E-state index contributed by atoms with van der Waals surface area (Å²) >= 11 is 7.26. The number of aryl methyl sites for hydroxylation is 1. The van der Waals surface area contributed by atoms with Crippen molar-refractivity contribution in [3.05, 3.63) is 33.7 Å². The lowest BCUT2D eigenvalue weighted by Gasteiger charge is -2.03. The first-order valence-corrected chi connectivity index (χ1v) is 9.06. The molecule has 2 aromatic rings. The predicted molar refractivity (Wildman–Crippen MR) is 82.2 cm³/mol. The van der Waals surface area contributed by atoms with E-state index in [2.05, 4.69) is 9.82 Å². The van der Waals surface area contributed by atoms with Gasteiger partial charge in [0.25, 0.3) is 0 Å². The van der Waals surface area contributed by atoms with Crippen molar-refractivity contribution in [1.29, 1.82) is 0 Å². The number of sulfonamides is 1. The van der Waals surface area contributed by atoms with Crippen molar-refractivity contribution in [3.63, 3.8) is 0 Å². The van der Waals surface area contributed by atoms with Crippen LogP contribution < -0.4 is 4.72 Å². The molecule has 2 heterocycles. The summed E-state index contributed by atoms with van der Waals surface area (Å²) in [6.07, 6.45) is 3.89. The van der Waals surface area contributed by atoms with Gasteiger partial charge in [0, 0.05) is 30.8 Å². The van der Waals surface area contributed by atoms with Gasteiger partial charge in [-0.2, -0.15) is 5.10 Å². The molecule has 6 nitrogen and oxygen atoms in total. The minimum atomic E-state index is -3.55. The number of aliphatic hydroxyl groups excluding tert-OH is 1. The molecule has 0 aliphatic heterocycles. The van der Waals surface area contributed by atoms with Crippen molar-refractivity contribution < 1.29 is 13.5 Å². The van der Waals surface area contributed by atoms with E-state index < -0.39 is 10.0 Å². The van der Waals surface area contributed by atoms with Gasteiger partial charge in [0.15, 0.2) is 0 Å². The Morgan fingerprint density at radius 1 is 1.43 bits per heavy atom. The van der Waals surface area contributed by atoms with Gasteiger partial charge < -0.3 is 5.11 Å². The summed E-state index contributed by atoms with van der Waals surface area (Å²) in [6, 6.07) is 3.68. The SMILES string of the molecule is O=S(=O)(NCCc1ccc(Cl)s1)c1cnn(CCCO)c1. The number of nitrogens with one attached hydrogen (secondary N) is 1. The van der Waals surface area contributed by atoms with E-state index in [4.69, 9.17) is 16.7 Å². The number of hydrogen-bond donors (Lipinski definition) is 2. The fourth-order valence-electron chi connectivity index (χ4n) is 1.72. The van der Waals surface area contributed by atoms with Gasteiger partial charge in [-0.05, 0) is 25.0 Å². The lowest BCUT2D eigenvalue weighted by Crippen LogP contribution is -2.25. The maximum Gasteiger partial charge on any atom is 0.243 e. The molecule has 0 saturated carbocycles. The third-order valence-corrected chi connectivity index (χ3v) is 5.46. The lowest BCUT2D eigenvalue weighted by atomic mass is 10.3. The van der Waals surface area contributed by atoms with Gasteiger partial charge in [-0.1, -0.05) is 11.6 Å². The lowest BCUT2D eigenvalue weighted by molar-refractivity contribution is 0.277. The molecule has 0 bridgehead atoms. The number of rotatable bonds is 8. The van der Waals surface area contributed by atoms with Crippen LogP contribution in [0.5, 0.6) is 0 Å². The summed E-state index contributed by atoms with van der Waals surface area (Å²) < 4.78 is 28.9. The maximum absolute atomic E-state index is 12.1.